The number of nitrogens with one attached hydrogen (secondary N) is 1. The third-order valence-electron chi connectivity index (χ3n) is 3.50. The topological polar surface area (TPSA) is 97.2 Å². The number of carbonyl (C=O) groups excluding carboxylic acids is 1. The predicted octanol–water partition coefficient (Wildman–Crippen LogP) is 3.98. The fourth-order valence-electron chi connectivity index (χ4n) is 2.27. The highest BCUT2D eigenvalue weighted by atomic mass is 35.5. The molecule has 0 radical (unpaired) electrons. The van der Waals surface area contributed by atoms with Crippen LogP contribution in [0.5, 0.6) is 11.5 Å². The number of benzene rings is 2. The smallest absolute Gasteiger partial charge is 0.416 e. The van der Waals surface area contributed by atoms with Gasteiger partial charge in [0.2, 0.25) is 0 Å². The number of carbonyl (C=O) groups is 2. The lowest BCUT2D eigenvalue weighted by atomic mass is 10.1. The molecule has 0 bridgehead atoms. The maximum absolute atomic E-state index is 12.7. The number of hydrogen-bond donors (Lipinski definition) is 2. The summed E-state index contributed by atoms with van der Waals surface area (Å²) in [6, 6.07) is 6.74. The molecule has 2 aromatic rings. The molecule has 0 fully saturated rings. The Hall–Kier alpha value is -3.27. The second-order valence-corrected chi connectivity index (χ2v) is 6.13. The summed E-state index contributed by atoms with van der Waals surface area (Å²) in [5.74, 6) is -1.84. The fraction of sp³-hybridized carbons (Fsp3) is 0.211. The van der Waals surface area contributed by atoms with E-state index in [-0.39, 0.29) is 28.7 Å². The second kappa shape index (κ2) is 9.97. The number of alkyl halides is 3. The molecule has 0 aliphatic rings. The van der Waals surface area contributed by atoms with Crippen molar-refractivity contribution in [1.29, 1.82) is 0 Å². The number of amides is 1. The SMILES string of the molecule is CCOc1cc(/C=N\NC(=O)c2cccc(C(F)(F)F)c2)cc(Cl)c1OCC(=O)O. The monoisotopic (exact) mass is 444 g/mol. The van der Waals surface area contributed by atoms with E-state index in [4.69, 9.17) is 26.2 Å². The minimum absolute atomic E-state index is 0.0334. The molecule has 2 N–H and O–H groups in total. The molecular formula is C19H16ClF3N2O5. The lowest BCUT2D eigenvalue weighted by Gasteiger charge is -2.13. The molecule has 0 aliphatic heterocycles. The van der Waals surface area contributed by atoms with E-state index in [1.54, 1.807) is 6.92 Å². The van der Waals surface area contributed by atoms with Gasteiger partial charge in [-0.3, -0.25) is 4.79 Å². The molecule has 1 amide bonds. The molecule has 11 heteroatoms. The number of carboxylic acids is 1. The second-order valence-electron chi connectivity index (χ2n) is 5.72. The van der Waals surface area contributed by atoms with Crippen LogP contribution in [0.3, 0.4) is 0 Å². The summed E-state index contributed by atoms with van der Waals surface area (Å²) in [7, 11) is 0. The number of aliphatic carboxylic acids is 1. The van der Waals surface area contributed by atoms with Gasteiger partial charge in [0.25, 0.3) is 5.91 Å². The molecule has 2 rings (SSSR count). The van der Waals surface area contributed by atoms with Gasteiger partial charge in [0.15, 0.2) is 18.1 Å². The van der Waals surface area contributed by atoms with Crippen molar-refractivity contribution in [2.24, 2.45) is 5.10 Å². The summed E-state index contributed by atoms with van der Waals surface area (Å²) in [4.78, 5) is 22.7. The molecule has 0 aromatic heterocycles. The van der Waals surface area contributed by atoms with Gasteiger partial charge in [0.05, 0.1) is 23.4 Å². The summed E-state index contributed by atoms with van der Waals surface area (Å²) in [6.07, 6.45) is -3.38. The summed E-state index contributed by atoms with van der Waals surface area (Å²) < 4.78 is 48.7. The first kappa shape index (κ1) is 23.0. The van der Waals surface area contributed by atoms with E-state index in [0.717, 1.165) is 12.1 Å². The third-order valence-corrected chi connectivity index (χ3v) is 3.78. The van der Waals surface area contributed by atoms with Crippen molar-refractivity contribution < 1.29 is 37.3 Å². The van der Waals surface area contributed by atoms with Gasteiger partial charge < -0.3 is 14.6 Å². The summed E-state index contributed by atoms with van der Waals surface area (Å²) in [5.41, 5.74) is 1.32. The molecule has 7 nitrogen and oxygen atoms in total. The van der Waals surface area contributed by atoms with Gasteiger partial charge in [-0.15, -0.1) is 0 Å². The Morgan fingerprint density at radius 1 is 1.23 bits per heavy atom. The van der Waals surface area contributed by atoms with Crippen LogP contribution in [0.25, 0.3) is 0 Å². The van der Waals surface area contributed by atoms with Gasteiger partial charge in [-0.25, -0.2) is 10.2 Å². The van der Waals surface area contributed by atoms with Gasteiger partial charge in [-0.05, 0) is 42.8 Å². The minimum Gasteiger partial charge on any atom is -0.490 e. The van der Waals surface area contributed by atoms with Crippen LogP contribution in [0.15, 0.2) is 41.5 Å². The van der Waals surface area contributed by atoms with Crippen LogP contribution in [-0.2, 0) is 11.0 Å². The molecule has 0 saturated carbocycles. The normalized spacial score (nSPS) is 11.4. The molecule has 0 spiro atoms. The van der Waals surface area contributed by atoms with Crippen molar-refractivity contribution in [2.75, 3.05) is 13.2 Å². The van der Waals surface area contributed by atoms with Crippen molar-refractivity contribution in [3.8, 4) is 11.5 Å². The van der Waals surface area contributed by atoms with E-state index in [0.29, 0.717) is 11.6 Å². The average molecular weight is 445 g/mol. The molecule has 0 atom stereocenters. The standard InChI is InChI=1S/C19H16ClF3N2O5/c1-2-29-15-7-11(6-14(20)17(15)30-10-16(26)27)9-24-25-18(28)12-4-3-5-13(8-12)19(21,22)23/h3-9H,2,10H2,1H3,(H,25,28)(H,26,27)/b24-9-. The van der Waals surface area contributed by atoms with Crippen molar-refractivity contribution >= 4 is 29.7 Å². The Balaban J connectivity index is 2.15. The number of ether oxygens (including phenoxy) is 2. The van der Waals surface area contributed by atoms with Gasteiger partial charge in [-0.2, -0.15) is 18.3 Å². The van der Waals surface area contributed by atoms with Gasteiger partial charge >= 0.3 is 12.1 Å². The summed E-state index contributed by atoms with van der Waals surface area (Å²) in [5, 5.41) is 12.5. The molecule has 160 valence electrons. The van der Waals surface area contributed by atoms with E-state index >= 15 is 0 Å². The van der Waals surface area contributed by atoms with Crippen LogP contribution in [0.2, 0.25) is 5.02 Å². The first-order chi connectivity index (χ1) is 14.1. The number of carboxylic acid groups (broad SMARTS) is 1. The molecule has 30 heavy (non-hydrogen) atoms. The maximum Gasteiger partial charge on any atom is 0.416 e. The summed E-state index contributed by atoms with van der Waals surface area (Å²) >= 11 is 6.10. The summed E-state index contributed by atoms with van der Waals surface area (Å²) in [6.45, 7) is 1.32. The van der Waals surface area contributed by atoms with E-state index in [1.165, 1.54) is 24.4 Å². The molecule has 0 unspecified atom stereocenters. The first-order valence-electron chi connectivity index (χ1n) is 8.43. The minimum atomic E-state index is -4.57. The van der Waals surface area contributed by atoms with Crippen molar-refractivity contribution in [3.63, 3.8) is 0 Å². The van der Waals surface area contributed by atoms with Crippen LogP contribution in [0.4, 0.5) is 13.2 Å². The Kier molecular flexibility index (Phi) is 7.65. The van der Waals surface area contributed by atoms with Crippen LogP contribution >= 0.6 is 11.6 Å². The van der Waals surface area contributed by atoms with Crippen LogP contribution in [0.1, 0.15) is 28.4 Å². The van der Waals surface area contributed by atoms with E-state index in [9.17, 15) is 22.8 Å². The van der Waals surface area contributed by atoms with Crippen molar-refractivity contribution in [2.45, 2.75) is 13.1 Å². The molecule has 0 heterocycles. The highest BCUT2D eigenvalue weighted by Gasteiger charge is 2.30. The van der Waals surface area contributed by atoms with Crippen molar-refractivity contribution in [1.82, 2.24) is 5.43 Å². The Morgan fingerprint density at radius 2 is 1.97 bits per heavy atom. The zero-order chi connectivity index (χ0) is 22.3. The average Bonchev–Trinajstić information content (AvgIpc) is 2.66. The quantitative estimate of drug-likeness (QED) is 0.474. The highest BCUT2D eigenvalue weighted by Crippen LogP contribution is 2.36. The van der Waals surface area contributed by atoms with E-state index in [2.05, 4.69) is 10.5 Å². The van der Waals surface area contributed by atoms with Gasteiger partial charge in [0.1, 0.15) is 0 Å². The van der Waals surface area contributed by atoms with Crippen LogP contribution in [-0.4, -0.2) is 36.4 Å². The van der Waals surface area contributed by atoms with E-state index in [1.807, 2.05) is 0 Å². The van der Waals surface area contributed by atoms with Crippen LogP contribution in [0, 0.1) is 0 Å². The molecule has 0 aliphatic carbocycles. The van der Waals surface area contributed by atoms with Crippen molar-refractivity contribution in [3.05, 3.63) is 58.1 Å². The Morgan fingerprint density at radius 3 is 2.60 bits per heavy atom. The molecular weight excluding hydrogens is 429 g/mol. The Labute approximate surface area is 174 Å². The highest BCUT2D eigenvalue weighted by molar-refractivity contribution is 6.32. The Bertz CT molecular complexity index is 964. The number of nitrogens with zero attached hydrogens (tertiary/aromatic N) is 1. The number of hydrogen-bond acceptors (Lipinski definition) is 5. The van der Waals surface area contributed by atoms with E-state index < -0.39 is 30.2 Å². The maximum atomic E-state index is 12.7. The number of halogens is 4. The predicted molar refractivity (Wildman–Crippen MR) is 102 cm³/mol. The largest absolute Gasteiger partial charge is 0.490 e. The van der Waals surface area contributed by atoms with Gasteiger partial charge in [0, 0.05) is 5.56 Å². The zero-order valence-electron chi connectivity index (χ0n) is 15.5. The third kappa shape index (κ3) is 6.38. The van der Waals surface area contributed by atoms with Gasteiger partial charge in [-0.1, -0.05) is 17.7 Å². The number of hydrazone groups is 1. The molecule has 0 saturated heterocycles. The first-order valence-corrected chi connectivity index (χ1v) is 8.81. The molecule has 2 aromatic carbocycles. The lowest BCUT2D eigenvalue weighted by molar-refractivity contribution is -0.139. The number of rotatable bonds is 8. The van der Waals surface area contributed by atoms with Crippen LogP contribution < -0.4 is 14.9 Å². The lowest BCUT2D eigenvalue weighted by Crippen LogP contribution is -2.18. The zero-order valence-corrected chi connectivity index (χ0v) is 16.3. The fourth-order valence-corrected chi connectivity index (χ4v) is 2.54.